The van der Waals surface area contributed by atoms with Crippen LogP contribution < -0.4 is 4.74 Å². The molecule has 0 aliphatic heterocycles. The first-order chi connectivity index (χ1) is 9.31. The van der Waals surface area contributed by atoms with Crippen molar-refractivity contribution in [2.75, 3.05) is 0 Å². The van der Waals surface area contributed by atoms with Crippen molar-refractivity contribution < 1.29 is 23.0 Å². The molecule has 1 aromatic carbocycles. The Bertz CT molecular complexity index is 490. The molecule has 0 atom stereocenters. The molecule has 1 rings (SSSR count). The van der Waals surface area contributed by atoms with Gasteiger partial charge in [-0.05, 0) is 44.4 Å². The number of phenolic OH excluding ortho intramolecular Hbond substituents is 1. The highest BCUT2D eigenvalue weighted by Gasteiger charge is 2.31. The second-order valence-corrected chi connectivity index (χ2v) is 4.42. The fourth-order valence-electron chi connectivity index (χ4n) is 1.64. The van der Waals surface area contributed by atoms with Crippen molar-refractivity contribution in [3.8, 4) is 11.5 Å². The van der Waals surface area contributed by atoms with Crippen LogP contribution >= 0.6 is 0 Å². The molecule has 0 heterocycles. The van der Waals surface area contributed by atoms with Gasteiger partial charge in [-0.25, -0.2) is 0 Å². The number of hydrogen-bond acceptors (Lipinski definition) is 2. The van der Waals surface area contributed by atoms with Crippen LogP contribution in [0.3, 0.4) is 0 Å². The topological polar surface area (TPSA) is 29.5 Å². The van der Waals surface area contributed by atoms with Gasteiger partial charge in [0.15, 0.2) is 0 Å². The summed E-state index contributed by atoms with van der Waals surface area (Å²) in [5.41, 5.74) is 1.48. The molecule has 20 heavy (non-hydrogen) atoms. The molecule has 0 saturated carbocycles. The molecule has 0 aromatic heterocycles. The molecular formula is C15H17F3O2. The summed E-state index contributed by atoms with van der Waals surface area (Å²) in [5, 5.41) is 9.64. The Labute approximate surface area is 116 Å². The predicted molar refractivity (Wildman–Crippen MR) is 71.7 cm³/mol. The molecule has 0 saturated heterocycles. The maximum Gasteiger partial charge on any atom is 0.573 e. The van der Waals surface area contributed by atoms with Crippen LogP contribution in [0.15, 0.2) is 42.5 Å². The lowest BCUT2D eigenvalue weighted by molar-refractivity contribution is -0.274. The average molecular weight is 286 g/mol. The van der Waals surface area contributed by atoms with Gasteiger partial charge in [-0.2, -0.15) is 0 Å². The van der Waals surface area contributed by atoms with Crippen molar-refractivity contribution >= 4 is 0 Å². The summed E-state index contributed by atoms with van der Waals surface area (Å²) >= 11 is 0. The molecule has 1 N–H and O–H groups in total. The average Bonchev–Trinajstić information content (AvgIpc) is 2.35. The van der Waals surface area contributed by atoms with Crippen LogP contribution in [0.25, 0.3) is 0 Å². The molecule has 2 nitrogen and oxygen atoms in total. The molecule has 110 valence electrons. The van der Waals surface area contributed by atoms with E-state index in [2.05, 4.69) is 11.3 Å². The van der Waals surface area contributed by atoms with Gasteiger partial charge >= 0.3 is 6.36 Å². The van der Waals surface area contributed by atoms with Gasteiger partial charge in [-0.15, -0.1) is 19.8 Å². The Morgan fingerprint density at radius 2 is 2.10 bits per heavy atom. The summed E-state index contributed by atoms with van der Waals surface area (Å²) in [4.78, 5) is 0. The van der Waals surface area contributed by atoms with Crippen molar-refractivity contribution in [1.82, 2.24) is 0 Å². The van der Waals surface area contributed by atoms with Gasteiger partial charge in [0.2, 0.25) is 0 Å². The van der Waals surface area contributed by atoms with E-state index >= 15 is 0 Å². The number of hydrogen-bond donors (Lipinski definition) is 1. The minimum absolute atomic E-state index is 0.0488. The monoisotopic (exact) mass is 286 g/mol. The van der Waals surface area contributed by atoms with Crippen LogP contribution in [-0.2, 0) is 6.42 Å². The van der Waals surface area contributed by atoms with Gasteiger partial charge in [0, 0.05) is 5.56 Å². The highest BCUT2D eigenvalue weighted by Crippen LogP contribution is 2.28. The number of benzene rings is 1. The van der Waals surface area contributed by atoms with Gasteiger partial charge < -0.3 is 9.84 Å². The Hall–Kier alpha value is -1.91. The standard InChI is InChI=1S/C15H17F3O2/c1-3-4-5-11(2)6-7-12-10-13(8-9-14(12)19)20-15(16,17)18/h3,6,8-10,19H,1,4-5,7H2,2H3/b11-6+. The molecule has 0 radical (unpaired) electrons. The number of rotatable bonds is 6. The van der Waals surface area contributed by atoms with E-state index in [0.717, 1.165) is 24.5 Å². The lowest BCUT2D eigenvalue weighted by Crippen LogP contribution is -2.17. The first-order valence-electron chi connectivity index (χ1n) is 6.16. The third kappa shape index (κ3) is 5.82. The van der Waals surface area contributed by atoms with E-state index in [0.29, 0.717) is 12.0 Å². The molecule has 0 fully saturated rings. The van der Waals surface area contributed by atoms with Gasteiger partial charge in [-0.3, -0.25) is 0 Å². The quantitative estimate of drug-likeness (QED) is 0.765. The molecule has 0 amide bonds. The molecule has 5 heteroatoms. The minimum Gasteiger partial charge on any atom is -0.508 e. The van der Waals surface area contributed by atoms with Gasteiger partial charge in [0.1, 0.15) is 11.5 Å². The third-order valence-electron chi connectivity index (χ3n) is 2.70. The van der Waals surface area contributed by atoms with Crippen molar-refractivity contribution in [2.24, 2.45) is 0 Å². The van der Waals surface area contributed by atoms with Crippen LogP contribution in [-0.4, -0.2) is 11.5 Å². The fourth-order valence-corrected chi connectivity index (χ4v) is 1.64. The molecule has 0 aliphatic rings. The molecular weight excluding hydrogens is 269 g/mol. The fraction of sp³-hybridized carbons (Fsp3) is 0.333. The number of phenols is 1. The number of allylic oxidation sites excluding steroid dienone is 3. The highest BCUT2D eigenvalue weighted by atomic mass is 19.4. The minimum atomic E-state index is -4.73. The Kier molecular flexibility index (Phi) is 5.67. The summed E-state index contributed by atoms with van der Waals surface area (Å²) in [6.45, 7) is 5.55. The number of alkyl halides is 3. The second kappa shape index (κ2) is 7.03. The van der Waals surface area contributed by atoms with Crippen molar-refractivity contribution in [2.45, 2.75) is 32.5 Å². The Balaban J connectivity index is 2.79. The van der Waals surface area contributed by atoms with Gasteiger partial charge in [0.25, 0.3) is 0 Å². The Morgan fingerprint density at radius 3 is 2.70 bits per heavy atom. The van der Waals surface area contributed by atoms with E-state index in [4.69, 9.17) is 0 Å². The van der Waals surface area contributed by atoms with E-state index in [-0.39, 0.29) is 11.5 Å². The number of halogens is 3. The molecule has 0 unspecified atom stereocenters. The summed E-state index contributed by atoms with van der Waals surface area (Å²) in [6.07, 6.45) is 0.963. The third-order valence-corrected chi connectivity index (χ3v) is 2.70. The van der Waals surface area contributed by atoms with E-state index in [1.807, 2.05) is 13.0 Å². The molecule has 1 aromatic rings. The Morgan fingerprint density at radius 1 is 1.40 bits per heavy atom. The zero-order chi connectivity index (χ0) is 15.2. The van der Waals surface area contributed by atoms with Gasteiger partial charge in [-0.1, -0.05) is 17.7 Å². The van der Waals surface area contributed by atoms with Crippen LogP contribution in [0, 0.1) is 0 Å². The maximum absolute atomic E-state index is 12.1. The van der Waals surface area contributed by atoms with E-state index in [1.54, 1.807) is 6.08 Å². The van der Waals surface area contributed by atoms with Crippen LogP contribution in [0.2, 0.25) is 0 Å². The zero-order valence-corrected chi connectivity index (χ0v) is 11.2. The lowest BCUT2D eigenvalue weighted by Gasteiger charge is -2.10. The zero-order valence-electron chi connectivity index (χ0n) is 11.2. The summed E-state index contributed by atoms with van der Waals surface area (Å²) in [5.74, 6) is -0.380. The smallest absolute Gasteiger partial charge is 0.508 e. The lowest BCUT2D eigenvalue weighted by atomic mass is 10.1. The largest absolute Gasteiger partial charge is 0.573 e. The summed E-state index contributed by atoms with van der Waals surface area (Å²) in [7, 11) is 0. The van der Waals surface area contributed by atoms with E-state index < -0.39 is 6.36 Å². The summed E-state index contributed by atoms with van der Waals surface area (Å²) in [6, 6.07) is 3.48. The van der Waals surface area contributed by atoms with Crippen LogP contribution in [0.1, 0.15) is 25.3 Å². The summed E-state index contributed by atoms with van der Waals surface area (Å²) < 4.78 is 40.2. The van der Waals surface area contributed by atoms with Gasteiger partial charge in [0.05, 0.1) is 0 Å². The maximum atomic E-state index is 12.1. The normalized spacial score (nSPS) is 12.3. The number of ether oxygens (including phenoxy) is 1. The second-order valence-electron chi connectivity index (χ2n) is 4.42. The van der Waals surface area contributed by atoms with Crippen molar-refractivity contribution in [3.05, 3.63) is 48.1 Å². The van der Waals surface area contributed by atoms with Crippen molar-refractivity contribution in [1.29, 1.82) is 0 Å². The predicted octanol–water partition coefficient (Wildman–Crippen LogP) is 4.75. The first kappa shape index (κ1) is 16.1. The molecule has 0 spiro atoms. The van der Waals surface area contributed by atoms with Crippen LogP contribution in [0.5, 0.6) is 11.5 Å². The highest BCUT2D eigenvalue weighted by molar-refractivity contribution is 5.40. The SMILES string of the molecule is C=CCC/C(C)=C/Cc1cc(OC(F)(F)F)ccc1O. The van der Waals surface area contributed by atoms with Crippen LogP contribution in [0.4, 0.5) is 13.2 Å². The van der Waals surface area contributed by atoms with Crippen molar-refractivity contribution in [3.63, 3.8) is 0 Å². The van der Waals surface area contributed by atoms with E-state index in [9.17, 15) is 18.3 Å². The first-order valence-corrected chi connectivity index (χ1v) is 6.16. The number of aromatic hydroxyl groups is 1. The molecule has 0 aliphatic carbocycles. The van der Waals surface area contributed by atoms with E-state index in [1.165, 1.54) is 12.1 Å². The molecule has 0 bridgehead atoms.